The van der Waals surface area contributed by atoms with Gasteiger partial charge in [-0.1, -0.05) is 6.92 Å². The molecule has 0 aliphatic heterocycles. The summed E-state index contributed by atoms with van der Waals surface area (Å²) in [6.07, 6.45) is 0.875. The largest absolute Gasteiger partial charge is 0.343 e. The Morgan fingerprint density at radius 2 is 2.28 bits per heavy atom. The number of H-pyrrole nitrogens is 1. The molecule has 0 spiro atoms. The Morgan fingerprint density at radius 1 is 1.50 bits per heavy atom. The predicted molar refractivity (Wildman–Crippen MR) is 71.7 cm³/mol. The van der Waals surface area contributed by atoms with E-state index in [1.807, 2.05) is 13.8 Å². The van der Waals surface area contributed by atoms with Crippen LogP contribution in [0.4, 0.5) is 0 Å². The number of halogens is 1. The number of aryl methyl sites for hydroxylation is 1. The SMILES string of the molecule is CCCn1c(Sc2cc(Br)nc(C)n2)n[nH]c1=O. The molecule has 0 aliphatic rings. The van der Waals surface area contributed by atoms with Crippen LogP contribution in [0.5, 0.6) is 0 Å². The van der Waals surface area contributed by atoms with Gasteiger partial charge in [0.1, 0.15) is 15.5 Å². The van der Waals surface area contributed by atoms with Crippen LogP contribution in [0.2, 0.25) is 0 Å². The van der Waals surface area contributed by atoms with Gasteiger partial charge in [-0.2, -0.15) is 0 Å². The lowest BCUT2D eigenvalue weighted by molar-refractivity contribution is 0.603. The van der Waals surface area contributed by atoms with E-state index in [9.17, 15) is 4.79 Å². The second-order valence-corrected chi connectivity index (χ2v) is 5.44. The van der Waals surface area contributed by atoms with Crippen molar-refractivity contribution >= 4 is 27.7 Å². The Morgan fingerprint density at radius 3 is 2.94 bits per heavy atom. The summed E-state index contributed by atoms with van der Waals surface area (Å²) in [4.78, 5) is 20.0. The lowest BCUT2D eigenvalue weighted by atomic mass is 10.5. The van der Waals surface area contributed by atoms with E-state index in [2.05, 4.69) is 36.1 Å². The molecule has 2 aromatic rings. The van der Waals surface area contributed by atoms with E-state index in [1.165, 1.54) is 11.8 Å². The molecule has 0 atom stereocenters. The molecule has 2 rings (SSSR count). The summed E-state index contributed by atoms with van der Waals surface area (Å²) >= 11 is 4.66. The van der Waals surface area contributed by atoms with Gasteiger partial charge in [-0.05, 0) is 41.0 Å². The van der Waals surface area contributed by atoms with Crippen LogP contribution >= 0.6 is 27.7 Å². The first-order valence-electron chi connectivity index (χ1n) is 5.44. The molecule has 0 fully saturated rings. The van der Waals surface area contributed by atoms with Gasteiger partial charge in [-0.25, -0.2) is 19.9 Å². The van der Waals surface area contributed by atoms with E-state index in [0.717, 1.165) is 16.0 Å². The Kier molecular flexibility index (Phi) is 4.18. The number of aromatic nitrogens is 5. The first-order valence-corrected chi connectivity index (χ1v) is 7.05. The highest BCUT2D eigenvalue weighted by atomic mass is 79.9. The second kappa shape index (κ2) is 5.66. The molecule has 0 aromatic carbocycles. The van der Waals surface area contributed by atoms with Gasteiger partial charge in [0.25, 0.3) is 0 Å². The third-order valence-corrected chi connectivity index (χ3v) is 3.47. The summed E-state index contributed by atoms with van der Waals surface area (Å²) in [6.45, 7) is 4.47. The quantitative estimate of drug-likeness (QED) is 0.868. The summed E-state index contributed by atoms with van der Waals surface area (Å²) in [7, 11) is 0. The summed E-state index contributed by atoms with van der Waals surface area (Å²) in [6, 6.07) is 1.80. The topological polar surface area (TPSA) is 76.5 Å². The molecule has 96 valence electrons. The number of aromatic amines is 1. The molecule has 0 unspecified atom stereocenters. The molecule has 1 N–H and O–H groups in total. The van der Waals surface area contributed by atoms with Crippen molar-refractivity contribution in [3.8, 4) is 0 Å². The molecule has 0 aliphatic carbocycles. The number of nitrogens with one attached hydrogen (secondary N) is 1. The van der Waals surface area contributed by atoms with Crippen LogP contribution in [-0.2, 0) is 6.54 Å². The van der Waals surface area contributed by atoms with Gasteiger partial charge in [0.05, 0.1) is 0 Å². The van der Waals surface area contributed by atoms with Gasteiger partial charge in [0.2, 0.25) is 0 Å². The van der Waals surface area contributed by atoms with Crippen LogP contribution in [0.3, 0.4) is 0 Å². The average Bonchev–Trinajstić information content (AvgIpc) is 2.60. The van der Waals surface area contributed by atoms with Gasteiger partial charge in [0.15, 0.2) is 5.16 Å². The second-order valence-electron chi connectivity index (χ2n) is 3.64. The van der Waals surface area contributed by atoms with E-state index in [4.69, 9.17) is 0 Å². The molecule has 2 aromatic heterocycles. The molecule has 8 heteroatoms. The van der Waals surface area contributed by atoms with E-state index in [0.29, 0.717) is 17.5 Å². The van der Waals surface area contributed by atoms with Crippen LogP contribution < -0.4 is 5.69 Å². The lowest BCUT2D eigenvalue weighted by Gasteiger charge is -2.03. The predicted octanol–water partition coefficient (Wildman–Crippen LogP) is 1.99. The van der Waals surface area contributed by atoms with Crippen LogP contribution in [0.25, 0.3) is 0 Å². The van der Waals surface area contributed by atoms with E-state index in [1.54, 1.807) is 10.6 Å². The van der Waals surface area contributed by atoms with Crippen molar-refractivity contribution in [1.82, 2.24) is 24.7 Å². The highest BCUT2D eigenvalue weighted by molar-refractivity contribution is 9.10. The fraction of sp³-hybridized carbons (Fsp3) is 0.400. The molecular formula is C10H12BrN5OS. The maximum absolute atomic E-state index is 11.5. The normalized spacial score (nSPS) is 10.8. The lowest BCUT2D eigenvalue weighted by Crippen LogP contribution is -2.17. The summed E-state index contributed by atoms with van der Waals surface area (Å²) in [5.74, 6) is 0.673. The van der Waals surface area contributed by atoms with Crippen molar-refractivity contribution in [2.24, 2.45) is 0 Å². The van der Waals surface area contributed by atoms with Crippen molar-refractivity contribution < 1.29 is 0 Å². The highest BCUT2D eigenvalue weighted by Gasteiger charge is 2.11. The van der Waals surface area contributed by atoms with Crippen molar-refractivity contribution in [2.45, 2.75) is 37.0 Å². The molecule has 0 saturated carbocycles. The van der Waals surface area contributed by atoms with E-state index in [-0.39, 0.29) is 5.69 Å². The molecule has 2 heterocycles. The van der Waals surface area contributed by atoms with Crippen molar-refractivity contribution in [3.63, 3.8) is 0 Å². The minimum atomic E-state index is -0.191. The number of nitrogens with zero attached hydrogens (tertiary/aromatic N) is 4. The molecule has 0 saturated heterocycles. The minimum Gasteiger partial charge on any atom is -0.270 e. The number of hydrogen-bond donors (Lipinski definition) is 1. The maximum atomic E-state index is 11.5. The summed E-state index contributed by atoms with van der Waals surface area (Å²) in [5, 5.41) is 7.83. The van der Waals surface area contributed by atoms with Crippen LogP contribution in [0, 0.1) is 6.92 Å². The van der Waals surface area contributed by atoms with Gasteiger partial charge in [-0.15, -0.1) is 5.10 Å². The standard InChI is InChI=1S/C10H12BrN5OS/c1-3-4-16-9(17)14-15-10(16)18-8-5-7(11)12-6(2)13-8/h5H,3-4H2,1-2H3,(H,14,17). The van der Waals surface area contributed by atoms with Crippen molar-refractivity contribution in [3.05, 3.63) is 27.0 Å². The Labute approximate surface area is 116 Å². The Balaban J connectivity index is 2.31. The van der Waals surface area contributed by atoms with Gasteiger partial charge < -0.3 is 0 Å². The van der Waals surface area contributed by atoms with Gasteiger partial charge in [-0.3, -0.25) is 4.57 Å². The molecule has 6 nitrogen and oxygen atoms in total. The summed E-state index contributed by atoms with van der Waals surface area (Å²) < 4.78 is 2.33. The fourth-order valence-electron chi connectivity index (χ4n) is 1.45. The third kappa shape index (κ3) is 2.99. The van der Waals surface area contributed by atoms with Crippen LogP contribution in [0.15, 0.2) is 25.6 Å². The minimum absolute atomic E-state index is 0.191. The molecule has 0 radical (unpaired) electrons. The number of rotatable bonds is 4. The third-order valence-electron chi connectivity index (χ3n) is 2.15. The monoisotopic (exact) mass is 329 g/mol. The molecule has 0 amide bonds. The van der Waals surface area contributed by atoms with Gasteiger partial charge in [0, 0.05) is 12.6 Å². The van der Waals surface area contributed by atoms with Crippen LogP contribution in [-0.4, -0.2) is 24.7 Å². The van der Waals surface area contributed by atoms with Gasteiger partial charge >= 0.3 is 5.69 Å². The van der Waals surface area contributed by atoms with Crippen molar-refractivity contribution in [2.75, 3.05) is 0 Å². The molecule has 18 heavy (non-hydrogen) atoms. The van der Waals surface area contributed by atoms with Crippen molar-refractivity contribution in [1.29, 1.82) is 0 Å². The van der Waals surface area contributed by atoms with E-state index >= 15 is 0 Å². The number of hydrogen-bond acceptors (Lipinski definition) is 5. The first kappa shape index (κ1) is 13.3. The van der Waals surface area contributed by atoms with Crippen LogP contribution in [0.1, 0.15) is 19.2 Å². The zero-order valence-electron chi connectivity index (χ0n) is 9.97. The average molecular weight is 330 g/mol. The Hall–Kier alpha value is -1.15. The zero-order valence-corrected chi connectivity index (χ0v) is 12.4. The first-order chi connectivity index (χ1) is 8.60. The molecular weight excluding hydrogens is 318 g/mol. The fourth-order valence-corrected chi connectivity index (χ4v) is 2.99. The maximum Gasteiger partial charge on any atom is 0.343 e. The smallest absolute Gasteiger partial charge is 0.270 e. The summed E-state index contributed by atoms with van der Waals surface area (Å²) in [5.41, 5.74) is -0.191. The highest BCUT2D eigenvalue weighted by Crippen LogP contribution is 2.25. The Bertz CT molecular complexity index is 588. The zero-order chi connectivity index (χ0) is 13.1. The van der Waals surface area contributed by atoms with E-state index < -0.39 is 0 Å². The molecule has 0 bridgehead atoms.